The summed E-state index contributed by atoms with van der Waals surface area (Å²) in [6.45, 7) is 0.612. The monoisotopic (exact) mass is 612 g/mol. The first-order chi connectivity index (χ1) is 22.6. The average molecular weight is 613 g/mol. The maximum Gasteiger partial charge on any atom is 0.277 e. The van der Waals surface area contributed by atoms with Gasteiger partial charge in [-0.15, -0.1) is 0 Å². The fourth-order valence-electron chi connectivity index (χ4n) is 4.14. The van der Waals surface area contributed by atoms with Crippen molar-refractivity contribution in [2.75, 3.05) is 6.61 Å². The second-order valence-corrected chi connectivity index (χ2v) is 9.96. The molecule has 5 aromatic rings. The molecule has 0 heterocycles. The molecule has 5 rings (SSSR count). The van der Waals surface area contributed by atoms with Crippen molar-refractivity contribution >= 4 is 24.2 Å². The second kappa shape index (κ2) is 16.6. The number of hydrogen-bond donors (Lipinski definition) is 2. The largest absolute Gasteiger partial charge is 0.489 e. The van der Waals surface area contributed by atoms with Gasteiger partial charge in [0.25, 0.3) is 11.8 Å². The summed E-state index contributed by atoms with van der Waals surface area (Å²) in [5, 5.41) is 8.03. The zero-order valence-electron chi connectivity index (χ0n) is 24.9. The van der Waals surface area contributed by atoms with Crippen molar-refractivity contribution in [3.8, 4) is 17.2 Å². The minimum absolute atomic E-state index is 0.232. The third kappa shape index (κ3) is 9.92. The molecule has 0 saturated carbocycles. The first kappa shape index (κ1) is 31.2. The fourth-order valence-corrected chi connectivity index (χ4v) is 4.14. The number of carbonyl (C=O) groups is 2. The molecule has 0 bridgehead atoms. The minimum atomic E-state index is -0.483. The molecule has 9 nitrogen and oxygen atoms in total. The fraction of sp³-hybridized carbons (Fsp3) is 0.0811. The van der Waals surface area contributed by atoms with E-state index >= 15 is 0 Å². The Kier molecular flexibility index (Phi) is 11.2. The van der Waals surface area contributed by atoms with Crippen LogP contribution in [-0.2, 0) is 18.0 Å². The first-order valence-corrected chi connectivity index (χ1v) is 14.5. The van der Waals surface area contributed by atoms with Crippen LogP contribution in [0.4, 0.5) is 0 Å². The van der Waals surface area contributed by atoms with E-state index in [4.69, 9.17) is 14.2 Å². The van der Waals surface area contributed by atoms with Gasteiger partial charge in [-0.3, -0.25) is 9.59 Å². The van der Waals surface area contributed by atoms with E-state index in [1.807, 2.05) is 109 Å². The van der Waals surface area contributed by atoms with E-state index in [0.717, 1.165) is 33.8 Å². The Morgan fingerprint density at radius 2 is 1.02 bits per heavy atom. The predicted molar refractivity (Wildman–Crippen MR) is 177 cm³/mol. The van der Waals surface area contributed by atoms with Gasteiger partial charge in [-0.2, -0.15) is 10.2 Å². The Balaban J connectivity index is 1.04. The van der Waals surface area contributed by atoms with Gasteiger partial charge < -0.3 is 14.2 Å². The van der Waals surface area contributed by atoms with Crippen LogP contribution in [0.3, 0.4) is 0 Å². The van der Waals surface area contributed by atoms with Gasteiger partial charge in [-0.05, 0) is 82.9 Å². The number of rotatable bonds is 14. The Morgan fingerprint density at radius 1 is 0.543 bits per heavy atom. The van der Waals surface area contributed by atoms with Crippen LogP contribution in [0.15, 0.2) is 144 Å². The molecule has 0 aliphatic rings. The molecule has 0 radical (unpaired) electrons. The van der Waals surface area contributed by atoms with Gasteiger partial charge in [-0.25, -0.2) is 10.9 Å². The SMILES string of the molecule is O=C(COc1ccccc1C(=O)N/N=C/c1ccc(OCc2ccccc2)cc1)N/N=C\c1ccc(OCc2ccccc2)cc1. The molecule has 230 valence electrons. The van der Waals surface area contributed by atoms with E-state index in [1.54, 1.807) is 24.3 Å². The molecule has 0 fully saturated rings. The minimum Gasteiger partial charge on any atom is -0.489 e. The van der Waals surface area contributed by atoms with Crippen LogP contribution >= 0.6 is 0 Å². The summed E-state index contributed by atoms with van der Waals surface area (Å²) < 4.78 is 17.2. The number of hydrogen-bond acceptors (Lipinski definition) is 7. The lowest BCUT2D eigenvalue weighted by Gasteiger charge is -2.09. The number of amides is 2. The molecular formula is C37H32N4O5. The van der Waals surface area contributed by atoms with Crippen molar-refractivity contribution in [3.05, 3.63) is 161 Å². The number of ether oxygens (including phenoxy) is 3. The van der Waals surface area contributed by atoms with Crippen LogP contribution in [0.25, 0.3) is 0 Å². The summed E-state index contributed by atoms with van der Waals surface area (Å²) in [6.07, 6.45) is 3.04. The van der Waals surface area contributed by atoms with Gasteiger partial charge in [0.15, 0.2) is 6.61 Å². The van der Waals surface area contributed by atoms with Crippen LogP contribution in [-0.4, -0.2) is 30.9 Å². The van der Waals surface area contributed by atoms with Gasteiger partial charge >= 0.3 is 0 Å². The Bertz CT molecular complexity index is 1760. The molecule has 0 unspecified atom stereocenters. The molecule has 0 atom stereocenters. The van der Waals surface area contributed by atoms with E-state index in [1.165, 1.54) is 12.4 Å². The maximum atomic E-state index is 12.8. The molecule has 0 saturated heterocycles. The Morgan fingerprint density at radius 3 is 1.57 bits per heavy atom. The lowest BCUT2D eigenvalue weighted by Crippen LogP contribution is -2.25. The number of para-hydroxylation sites is 1. The average Bonchev–Trinajstić information content (AvgIpc) is 3.11. The second-order valence-electron chi connectivity index (χ2n) is 9.96. The van der Waals surface area contributed by atoms with E-state index < -0.39 is 11.8 Å². The predicted octanol–water partition coefficient (Wildman–Crippen LogP) is 6.14. The molecule has 0 aliphatic carbocycles. The molecule has 46 heavy (non-hydrogen) atoms. The van der Waals surface area contributed by atoms with Crippen molar-refractivity contribution in [1.29, 1.82) is 0 Å². The Labute approximate surface area is 267 Å². The summed E-state index contributed by atoms with van der Waals surface area (Å²) in [7, 11) is 0. The third-order valence-corrected chi connectivity index (χ3v) is 6.53. The van der Waals surface area contributed by atoms with Crippen molar-refractivity contribution in [2.24, 2.45) is 10.2 Å². The maximum absolute atomic E-state index is 12.8. The molecule has 2 N–H and O–H groups in total. The van der Waals surface area contributed by atoms with Crippen molar-refractivity contribution in [2.45, 2.75) is 13.2 Å². The third-order valence-electron chi connectivity index (χ3n) is 6.53. The topological polar surface area (TPSA) is 111 Å². The van der Waals surface area contributed by atoms with Crippen LogP contribution in [0, 0.1) is 0 Å². The van der Waals surface area contributed by atoms with Crippen LogP contribution in [0.1, 0.15) is 32.6 Å². The normalized spacial score (nSPS) is 10.9. The highest BCUT2D eigenvalue weighted by Gasteiger charge is 2.13. The highest BCUT2D eigenvalue weighted by Crippen LogP contribution is 2.18. The molecule has 2 amide bonds. The van der Waals surface area contributed by atoms with E-state index in [2.05, 4.69) is 21.1 Å². The van der Waals surface area contributed by atoms with Gasteiger partial charge in [0.05, 0.1) is 18.0 Å². The Hall–Kier alpha value is -6.22. The van der Waals surface area contributed by atoms with Crippen molar-refractivity contribution in [3.63, 3.8) is 0 Å². The van der Waals surface area contributed by atoms with Gasteiger partial charge in [0.2, 0.25) is 0 Å². The number of nitrogens with one attached hydrogen (secondary N) is 2. The van der Waals surface area contributed by atoms with E-state index in [-0.39, 0.29) is 17.9 Å². The van der Waals surface area contributed by atoms with Crippen molar-refractivity contribution < 1.29 is 23.8 Å². The first-order valence-electron chi connectivity index (χ1n) is 14.5. The molecular weight excluding hydrogens is 580 g/mol. The number of carbonyl (C=O) groups excluding carboxylic acids is 2. The lowest BCUT2D eigenvalue weighted by atomic mass is 10.2. The van der Waals surface area contributed by atoms with Crippen LogP contribution in [0.2, 0.25) is 0 Å². The number of benzene rings is 5. The lowest BCUT2D eigenvalue weighted by molar-refractivity contribution is -0.123. The summed E-state index contributed by atoms with van der Waals surface area (Å²) in [5.74, 6) is 0.726. The van der Waals surface area contributed by atoms with Crippen LogP contribution in [0.5, 0.6) is 17.2 Å². The van der Waals surface area contributed by atoms with Gasteiger partial charge in [0.1, 0.15) is 30.5 Å². The molecule has 9 heteroatoms. The summed E-state index contributed by atoms with van der Waals surface area (Å²) in [6, 6.07) is 41.1. The van der Waals surface area contributed by atoms with E-state index in [9.17, 15) is 9.59 Å². The molecule has 0 aromatic heterocycles. The summed E-state index contributed by atoms with van der Waals surface area (Å²) in [5.41, 5.74) is 8.87. The summed E-state index contributed by atoms with van der Waals surface area (Å²) in [4.78, 5) is 25.1. The van der Waals surface area contributed by atoms with Crippen LogP contribution < -0.4 is 25.1 Å². The smallest absolute Gasteiger partial charge is 0.277 e. The van der Waals surface area contributed by atoms with E-state index in [0.29, 0.717) is 13.2 Å². The zero-order valence-corrected chi connectivity index (χ0v) is 24.9. The molecule has 5 aromatic carbocycles. The van der Waals surface area contributed by atoms with Gasteiger partial charge in [0, 0.05) is 0 Å². The highest BCUT2D eigenvalue weighted by atomic mass is 16.5. The standard InChI is InChI=1S/C37H32N4O5/c42-36(40-38-23-28-15-19-32(20-16-28)44-25-30-9-3-1-4-10-30)27-46-35-14-8-7-13-34(35)37(43)41-39-24-29-17-21-33(22-18-29)45-26-31-11-5-2-6-12-31/h1-24H,25-27H2,(H,40,42)(H,41,43)/b38-23-,39-24+. The summed E-state index contributed by atoms with van der Waals surface area (Å²) >= 11 is 0. The number of hydrazone groups is 2. The molecule has 0 aliphatic heterocycles. The zero-order chi connectivity index (χ0) is 31.8. The number of nitrogens with zero attached hydrogens (tertiary/aromatic N) is 2. The highest BCUT2D eigenvalue weighted by molar-refractivity contribution is 5.97. The van der Waals surface area contributed by atoms with Gasteiger partial charge in [-0.1, -0.05) is 72.8 Å². The van der Waals surface area contributed by atoms with Crippen molar-refractivity contribution in [1.82, 2.24) is 10.9 Å². The molecule has 0 spiro atoms. The quantitative estimate of drug-likeness (QED) is 0.116.